The molecule has 0 bridgehead atoms. The van der Waals surface area contributed by atoms with Crippen LogP contribution in [-0.4, -0.2) is 35.3 Å². The lowest BCUT2D eigenvalue weighted by Gasteiger charge is -2.43. The zero-order chi connectivity index (χ0) is 12.5. The van der Waals surface area contributed by atoms with Crippen molar-refractivity contribution in [1.82, 2.24) is 4.98 Å². The van der Waals surface area contributed by atoms with Gasteiger partial charge in [0.1, 0.15) is 10.8 Å². The summed E-state index contributed by atoms with van der Waals surface area (Å²) in [5, 5.41) is 0. The van der Waals surface area contributed by atoms with Gasteiger partial charge in [-0.05, 0) is 26.0 Å². The highest BCUT2D eigenvalue weighted by Gasteiger charge is 2.32. The zero-order valence-corrected chi connectivity index (χ0v) is 11.0. The van der Waals surface area contributed by atoms with Gasteiger partial charge >= 0.3 is 0 Å². The summed E-state index contributed by atoms with van der Waals surface area (Å²) in [6.07, 6.45) is 1.77. The van der Waals surface area contributed by atoms with Gasteiger partial charge in [0, 0.05) is 12.7 Å². The number of hydrogen-bond donors (Lipinski definition) is 1. The summed E-state index contributed by atoms with van der Waals surface area (Å²) in [5.41, 5.74) is 6.48. The molecule has 1 aliphatic rings. The summed E-state index contributed by atoms with van der Waals surface area (Å²) >= 11 is 5.07. The van der Waals surface area contributed by atoms with E-state index in [0.717, 1.165) is 17.9 Å². The lowest BCUT2D eigenvalue weighted by atomic mass is 10.0. The standard InChI is InChI=1S/C12H17N3OS/c1-12(2)8-16-7-6-15(12)11-9(10(13)17)4-3-5-14-11/h3-5H,6-8H2,1-2H3,(H2,13,17). The molecule has 0 unspecified atom stereocenters. The Hall–Kier alpha value is -1.20. The fraction of sp³-hybridized carbons (Fsp3) is 0.500. The van der Waals surface area contributed by atoms with Crippen LogP contribution in [0.25, 0.3) is 0 Å². The average molecular weight is 251 g/mol. The molecule has 0 radical (unpaired) electrons. The lowest BCUT2D eigenvalue weighted by Crippen LogP contribution is -2.54. The maximum atomic E-state index is 5.74. The van der Waals surface area contributed by atoms with Crippen molar-refractivity contribution in [2.24, 2.45) is 5.73 Å². The Labute approximate surface area is 107 Å². The SMILES string of the molecule is CC1(C)COCCN1c1ncccc1C(N)=S. The molecule has 4 nitrogen and oxygen atoms in total. The summed E-state index contributed by atoms with van der Waals surface area (Å²) in [6, 6.07) is 3.77. The van der Waals surface area contributed by atoms with Gasteiger partial charge in [0.15, 0.2) is 0 Å². The second-order valence-electron chi connectivity index (χ2n) is 4.76. The fourth-order valence-electron chi connectivity index (χ4n) is 2.06. The minimum absolute atomic E-state index is 0.0911. The molecule has 2 N–H and O–H groups in total. The molecule has 2 heterocycles. The summed E-state index contributed by atoms with van der Waals surface area (Å²) in [6.45, 7) is 6.45. The Morgan fingerprint density at radius 1 is 1.59 bits per heavy atom. The minimum Gasteiger partial charge on any atom is -0.389 e. The molecule has 1 aromatic rings. The van der Waals surface area contributed by atoms with Crippen molar-refractivity contribution in [2.45, 2.75) is 19.4 Å². The maximum absolute atomic E-state index is 5.74. The van der Waals surface area contributed by atoms with Crippen LogP contribution in [-0.2, 0) is 4.74 Å². The van der Waals surface area contributed by atoms with Gasteiger partial charge in [-0.15, -0.1) is 0 Å². The number of morpholine rings is 1. The van der Waals surface area contributed by atoms with E-state index in [4.69, 9.17) is 22.7 Å². The molecule has 5 heteroatoms. The molecular weight excluding hydrogens is 234 g/mol. The maximum Gasteiger partial charge on any atom is 0.139 e. The van der Waals surface area contributed by atoms with Crippen LogP contribution in [0.2, 0.25) is 0 Å². The van der Waals surface area contributed by atoms with Crippen molar-refractivity contribution in [3.05, 3.63) is 23.9 Å². The molecule has 0 amide bonds. The summed E-state index contributed by atoms with van der Waals surface area (Å²) < 4.78 is 5.50. The van der Waals surface area contributed by atoms with Crippen molar-refractivity contribution in [3.8, 4) is 0 Å². The van der Waals surface area contributed by atoms with Crippen LogP contribution in [0, 0.1) is 0 Å². The summed E-state index contributed by atoms with van der Waals surface area (Å²) in [5.74, 6) is 0.855. The first-order valence-electron chi connectivity index (χ1n) is 5.62. The molecule has 92 valence electrons. The number of nitrogens with two attached hydrogens (primary N) is 1. The number of rotatable bonds is 2. The number of anilines is 1. The molecule has 0 atom stereocenters. The van der Waals surface area contributed by atoms with Crippen LogP contribution in [0.3, 0.4) is 0 Å². The van der Waals surface area contributed by atoms with Crippen molar-refractivity contribution >= 4 is 23.0 Å². The Morgan fingerprint density at radius 3 is 3.00 bits per heavy atom. The van der Waals surface area contributed by atoms with E-state index in [0.29, 0.717) is 18.2 Å². The van der Waals surface area contributed by atoms with Gasteiger partial charge in [0.25, 0.3) is 0 Å². The number of hydrogen-bond acceptors (Lipinski definition) is 4. The third kappa shape index (κ3) is 2.40. The highest BCUT2D eigenvalue weighted by atomic mass is 32.1. The highest BCUT2D eigenvalue weighted by molar-refractivity contribution is 7.80. The van der Waals surface area contributed by atoms with E-state index in [1.807, 2.05) is 12.1 Å². The van der Waals surface area contributed by atoms with E-state index in [-0.39, 0.29) is 5.54 Å². The topological polar surface area (TPSA) is 51.4 Å². The van der Waals surface area contributed by atoms with Crippen LogP contribution in [0.5, 0.6) is 0 Å². The van der Waals surface area contributed by atoms with E-state index in [9.17, 15) is 0 Å². The normalized spacial score (nSPS) is 19.1. The third-order valence-corrected chi connectivity index (χ3v) is 3.17. The van der Waals surface area contributed by atoms with Crippen LogP contribution in [0.1, 0.15) is 19.4 Å². The Morgan fingerprint density at radius 2 is 2.35 bits per heavy atom. The Balaban J connectivity index is 2.42. The largest absolute Gasteiger partial charge is 0.389 e. The first kappa shape index (κ1) is 12.3. The van der Waals surface area contributed by atoms with Gasteiger partial charge in [-0.3, -0.25) is 0 Å². The predicted molar refractivity (Wildman–Crippen MR) is 72.4 cm³/mol. The van der Waals surface area contributed by atoms with E-state index in [1.54, 1.807) is 6.20 Å². The molecule has 1 aromatic heterocycles. The molecule has 1 fully saturated rings. The van der Waals surface area contributed by atoms with Crippen molar-refractivity contribution in [3.63, 3.8) is 0 Å². The van der Waals surface area contributed by atoms with Crippen molar-refractivity contribution < 1.29 is 4.74 Å². The number of pyridine rings is 1. The van der Waals surface area contributed by atoms with E-state index < -0.39 is 0 Å². The molecule has 0 saturated carbocycles. The molecule has 17 heavy (non-hydrogen) atoms. The van der Waals surface area contributed by atoms with Gasteiger partial charge in [0.2, 0.25) is 0 Å². The van der Waals surface area contributed by atoms with Gasteiger partial charge in [-0.2, -0.15) is 0 Å². The van der Waals surface area contributed by atoms with Gasteiger partial charge in [-0.1, -0.05) is 12.2 Å². The third-order valence-electron chi connectivity index (χ3n) is 2.95. The predicted octanol–water partition coefficient (Wildman–Crippen LogP) is 1.33. The number of ether oxygens (including phenoxy) is 1. The van der Waals surface area contributed by atoms with Gasteiger partial charge in [0.05, 0.1) is 24.3 Å². The van der Waals surface area contributed by atoms with E-state index in [1.165, 1.54) is 0 Å². The monoisotopic (exact) mass is 251 g/mol. The minimum atomic E-state index is -0.0911. The van der Waals surface area contributed by atoms with Crippen molar-refractivity contribution in [2.75, 3.05) is 24.7 Å². The lowest BCUT2D eigenvalue weighted by molar-refractivity contribution is 0.0639. The van der Waals surface area contributed by atoms with Crippen molar-refractivity contribution in [1.29, 1.82) is 0 Å². The molecule has 0 aliphatic carbocycles. The Bertz CT molecular complexity index is 434. The molecular formula is C12H17N3OS. The first-order valence-corrected chi connectivity index (χ1v) is 6.03. The highest BCUT2D eigenvalue weighted by Crippen LogP contribution is 2.27. The van der Waals surface area contributed by atoms with E-state index in [2.05, 4.69) is 23.7 Å². The Kier molecular flexibility index (Phi) is 3.31. The van der Waals surface area contributed by atoms with E-state index >= 15 is 0 Å². The number of thiocarbonyl (C=S) groups is 1. The molecule has 1 aliphatic heterocycles. The summed E-state index contributed by atoms with van der Waals surface area (Å²) in [7, 11) is 0. The molecule has 0 aromatic carbocycles. The fourth-order valence-corrected chi connectivity index (χ4v) is 2.21. The van der Waals surface area contributed by atoms with Crippen LogP contribution in [0.15, 0.2) is 18.3 Å². The second kappa shape index (κ2) is 4.58. The number of nitrogens with zero attached hydrogens (tertiary/aromatic N) is 2. The second-order valence-corrected chi connectivity index (χ2v) is 5.20. The van der Waals surface area contributed by atoms with Crippen LogP contribution >= 0.6 is 12.2 Å². The average Bonchev–Trinajstić information content (AvgIpc) is 2.28. The zero-order valence-electron chi connectivity index (χ0n) is 10.1. The molecule has 2 rings (SSSR count). The smallest absolute Gasteiger partial charge is 0.139 e. The molecule has 1 saturated heterocycles. The van der Waals surface area contributed by atoms with Crippen LogP contribution in [0.4, 0.5) is 5.82 Å². The van der Waals surface area contributed by atoms with Crippen LogP contribution < -0.4 is 10.6 Å². The van der Waals surface area contributed by atoms with Gasteiger partial charge in [-0.25, -0.2) is 4.98 Å². The quantitative estimate of drug-likeness (QED) is 0.804. The first-order chi connectivity index (χ1) is 8.02. The molecule has 0 spiro atoms. The van der Waals surface area contributed by atoms with Gasteiger partial charge < -0.3 is 15.4 Å². The summed E-state index contributed by atoms with van der Waals surface area (Å²) in [4.78, 5) is 7.02. The number of aromatic nitrogens is 1.